The van der Waals surface area contributed by atoms with Crippen LogP contribution in [0.1, 0.15) is 11.1 Å². The molecule has 0 saturated carbocycles. The number of hydrogen-bond acceptors (Lipinski definition) is 6. The van der Waals surface area contributed by atoms with E-state index >= 15 is 0 Å². The van der Waals surface area contributed by atoms with Crippen LogP contribution in [-0.4, -0.2) is 43.6 Å². The molecular formula is C21H19FN2O6. The van der Waals surface area contributed by atoms with Crippen molar-refractivity contribution < 1.29 is 33.0 Å². The number of carbonyl (C=O) groups excluding carboxylic acids is 3. The Morgan fingerprint density at radius 2 is 1.90 bits per heavy atom. The van der Waals surface area contributed by atoms with Gasteiger partial charge in [-0.2, -0.15) is 0 Å². The smallest absolute Gasteiger partial charge is 0.343 e. The normalized spacial score (nSPS) is 14.6. The van der Waals surface area contributed by atoms with Crippen LogP contribution in [0.2, 0.25) is 0 Å². The highest BCUT2D eigenvalue weighted by atomic mass is 19.1. The van der Waals surface area contributed by atoms with E-state index in [9.17, 15) is 18.8 Å². The molecule has 30 heavy (non-hydrogen) atoms. The van der Waals surface area contributed by atoms with Crippen LogP contribution in [0.15, 0.2) is 48.2 Å². The largest absolute Gasteiger partial charge is 0.493 e. The molecule has 9 heteroatoms. The molecule has 0 spiro atoms. The van der Waals surface area contributed by atoms with E-state index in [4.69, 9.17) is 9.47 Å². The molecule has 3 rings (SSSR count). The summed E-state index contributed by atoms with van der Waals surface area (Å²) in [6, 6.07) is 10.1. The number of benzene rings is 2. The zero-order chi connectivity index (χ0) is 21.7. The van der Waals surface area contributed by atoms with Gasteiger partial charge in [0.25, 0.3) is 5.91 Å². The first-order valence-electron chi connectivity index (χ1n) is 8.88. The van der Waals surface area contributed by atoms with Crippen LogP contribution in [-0.2, 0) is 20.9 Å². The summed E-state index contributed by atoms with van der Waals surface area (Å²) in [7, 11) is 2.68. The zero-order valence-corrected chi connectivity index (χ0v) is 16.3. The SMILES string of the molecule is COC(=O)COc1ccc(C=C2NC(=O)N(Cc3ccccc3F)C2=O)cc1OC. The van der Waals surface area contributed by atoms with Gasteiger partial charge in [0.2, 0.25) is 0 Å². The summed E-state index contributed by atoms with van der Waals surface area (Å²) in [5, 5.41) is 2.48. The molecule has 2 aromatic carbocycles. The molecule has 8 nitrogen and oxygen atoms in total. The first-order chi connectivity index (χ1) is 14.4. The van der Waals surface area contributed by atoms with E-state index in [0.717, 1.165) is 4.90 Å². The fourth-order valence-corrected chi connectivity index (χ4v) is 2.77. The number of urea groups is 1. The van der Waals surface area contributed by atoms with Crippen LogP contribution in [0.4, 0.5) is 9.18 Å². The van der Waals surface area contributed by atoms with Gasteiger partial charge in [0.1, 0.15) is 11.5 Å². The zero-order valence-electron chi connectivity index (χ0n) is 16.3. The molecule has 1 aliphatic heterocycles. The number of nitrogens with one attached hydrogen (secondary N) is 1. The van der Waals surface area contributed by atoms with Crippen LogP contribution in [0, 0.1) is 5.82 Å². The number of rotatable bonds is 7. The van der Waals surface area contributed by atoms with Gasteiger partial charge in [-0.3, -0.25) is 9.69 Å². The number of imide groups is 1. The van der Waals surface area contributed by atoms with Crippen LogP contribution in [0.25, 0.3) is 6.08 Å². The molecule has 1 N–H and O–H groups in total. The maximum Gasteiger partial charge on any atom is 0.343 e. The van der Waals surface area contributed by atoms with Gasteiger partial charge in [-0.15, -0.1) is 0 Å². The van der Waals surface area contributed by atoms with Crippen LogP contribution in [0.3, 0.4) is 0 Å². The summed E-state index contributed by atoms with van der Waals surface area (Å²) in [6.45, 7) is -0.467. The van der Waals surface area contributed by atoms with E-state index in [0.29, 0.717) is 17.1 Å². The molecule has 0 aromatic heterocycles. The van der Waals surface area contributed by atoms with Gasteiger partial charge in [0.05, 0.1) is 20.8 Å². The van der Waals surface area contributed by atoms with Gasteiger partial charge in [0.15, 0.2) is 18.1 Å². The summed E-state index contributed by atoms with van der Waals surface area (Å²) in [6.07, 6.45) is 1.47. The first-order valence-corrected chi connectivity index (χ1v) is 8.88. The number of methoxy groups -OCH3 is 2. The molecule has 1 fully saturated rings. The van der Waals surface area contributed by atoms with Crippen molar-refractivity contribution >= 4 is 24.0 Å². The van der Waals surface area contributed by atoms with Crippen molar-refractivity contribution in [3.8, 4) is 11.5 Å². The molecule has 3 amide bonds. The summed E-state index contributed by atoms with van der Waals surface area (Å²) in [5.74, 6) is -0.977. The van der Waals surface area contributed by atoms with E-state index < -0.39 is 23.7 Å². The average molecular weight is 414 g/mol. The monoisotopic (exact) mass is 414 g/mol. The summed E-state index contributed by atoms with van der Waals surface area (Å²) >= 11 is 0. The maximum atomic E-state index is 13.9. The summed E-state index contributed by atoms with van der Waals surface area (Å²) in [5.41, 5.74) is 0.825. The van der Waals surface area contributed by atoms with Crippen LogP contribution >= 0.6 is 0 Å². The number of halogens is 1. The van der Waals surface area contributed by atoms with E-state index in [1.807, 2.05) is 0 Å². The van der Waals surface area contributed by atoms with Crippen molar-refractivity contribution in [1.82, 2.24) is 10.2 Å². The molecule has 0 radical (unpaired) electrons. The highest BCUT2D eigenvalue weighted by molar-refractivity contribution is 6.13. The second kappa shape index (κ2) is 9.08. The maximum absolute atomic E-state index is 13.9. The Labute approximate surface area is 171 Å². The number of ether oxygens (including phenoxy) is 3. The molecule has 0 aliphatic carbocycles. The number of esters is 1. The molecule has 1 heterocycles. The molecule has 156 valence electrons. The summed E-state index contributed by atoms with van der Waals surface area (Å²) < 4.78 is 29.0. The number of nitrogens with zero attached hydrogens (tertiary/aromatic N) is 1. The Hall–Kier alpha value is -3.88. The number of amides is 3. The molecule has 0 bridgehead atoms. The fourth-order valence-electron chi connectivity index (χ4n) is 2.77. The second-order valence-electron chi connectivity index (χ2n) is 6.25. The van der Waals surface area contributed by atoms with Crippen molar-refractivity contribution in [2.24, 2.45) is 0 Å². The van der Waals surface area contributed by atoms with E-state index in [-0.39, 0.29) is 24.4 Å². The molecule has 0 unspecified atom stereocenters. The van der Waals surface area contributed by atoms with E-state index in [1.165, 1.54) is 38.5 Å². The third kappa shape index (κ3) is 4.57. The van der Waals surface area contributed by atoms with Crippen molar-refractivity contribution in [2.75, 3.05) is 20.8 Å². The fraction of sp³-hybridized carbons (Fsp3) is 0.190. The number of hydrogen-bond donors (Lipinski definition) is 1. The summed E-state index contributed by atoms with van der Waals surface area (Å²) in [4.78, 5) is 37.0. The van der Waals surface area contributed by atoms with Gasteiger partial charge in [0, 0.05) is 5.56 Å². The third-order valence-electron chi connectivity index (χ3n) is 4.32. The minimum Gasteiger partial charge on any atom is -0.493 e. The molecule has 1 saturated heterocycles. The predicted molar refractivity (Wildman–Crippen MR) is 104 cm³/mol. The Bertz CT molecular complexity index is 1020. The first kappa shape index (κ1) is 20.8. The minimum atomic E-state index is -0.639. The highest BCUT2D eigenvalue weighted by Gasteiger charge is 2.34. The minimum absolute atomic E-state index is 0.0432. The van der Waals surface area contributed by atoms with Gasteiger partial charge in [-0.25, -0.2) is 14.0 Å². The molecular weight excluding hydrogens is 395 g/mol. The van der Waals surface area contributed by atoms with E-state index in [1.54, 1.807) is 24.3 Å². The van der Waals surface area contributed by atoms with E-state index in [2.05, 4.69) is 10.1 Å². The lowest BCUT2D eigenvalue weighted by molar-refractivity contribution is -0.142. The lowest BCUT2D eigenvalue weighted by Gasteiger charge is -2.12. The Kier molecular flexibility index (Phi) is 6.31. The number of carbonyl (C=O) groups is 3. The van der Waals surface area contributed by atoms with Crippen molar-refractivity contribution in [2.45, 2.75) is 6.54 Å². The van der Waals surface area contributed by atoms with Crippen LogP contribution < -0.4 is 14.8 Å². The lowest BCUT2D eigenvalue weighted by atomic mass is 10.1. The lowest BCUT2D eigenvalue weighted by Crippen LogP contribution is -2.30. The predicted octanol–water partition coefficient (Wildman–Crippen LogP) is 2.48. The second-order valence-corrected chi connectivity index (χ2v) is 6.25. The van der Waals surface area contributed by atoms with Crippen molar-refractivity contribution in [3.63, 3.8) is 0 Å². The van der Waals surface area contributed by atoms with Crippen molar-refractivity contribution in [1.29, 1.82) is 0 Å². The van der Waals surface area contributed by atoms with Gasteiger partial charge in [-0.05, 0) is 29.8 Å². The molecule has 0 atom stereocenters. The average Bonchev–Trinajstić information content (AvgIpc) is 3.01. The van der Waals surface area contributed by atoms with Crippen molar-refractivity contribution in [3.05, 3.63) is 65.1 Å². The standard InChI is InChI=1S/C21H19FN2O6/c1-28-18-10-13(7-8-17(18)30-12-19(25)29-2)9-16-20(26)24(21(27)23-16)11-14-5-3-4-6-15(14)22/h3-10H,11-12H2,1-2H3,(H,23,27). The quantitative estimate of drug-likeness (QED) is 0.425. The van der Waals surface area contributed by atoms with Gasteiger partial charge in [-0.1, -0.05) is 24.3 Å². The Balaban J connectivity index is 1.78. The van der Waals surface area contributed by atoms with Gasteiger partial charge < -0.3 is 19.5 Å². The Morgan fingerprint density at radius 3 is 2.60 bits per heavy atom. The molecule has 2 aromatic rings. The third-order valence-corrected chi connectivity index (χ3v) is 4.32. The topological polar surface area (TPSA) is 94.2 Å². The Morgan fingerprint density at radius 1 is 1.13 bits per heavy atom. The van der Waals surface area contributed by atoms with Crippen LogP contribution in [0.5, 0.6) is 11.5 Å². The highest BCUT2D eigenvalue weighted by Crippen LogP contribution is 2.29. The van der Waals surface area contributed by atoms with Gasteiger partial charge >= 0.3 is 12.0 Å². The molecule has 1 aliphatic rings.